The van der Waals surface area contributed by atoms with Gasteiger partial charge in [-0.15, -0.1) is 0 Å². The number of rotatable bonds is 1. The van der Waals surface area contributed by atoms with Gasteiger partial charge in [0.15, 0.2) is 5.65 Å². The van der Waals surface area contributed by atoms with E-state index in [0.29, 0.717) is 5.92 Å². The first-order valence-corrected chi connectivity index (χ1v) is 5.34. The van der Waals surface area contributed by atoms with Crippen molar-refractivity contribution < 1.29 is 0 Å². The highest BCUT2D eigenvalue weighted by Crippen LogP contribution is 2.42. The van der Waals surface area contributed by atoms with E-state index >= 15 is 0 Å². The van der Waals surface area contributed by atoms with Gasteiger partial charge in [-0.25, -0.2) is 9.50 Å². The molecule has 0 saturated heterocycles. The maximum atomic E-state index is 5.97. The van der Waals surface area contributed by atoms with Crippen molar-refractivity contribution in [1.29, 1.82) is 0 Å². The highest BCUT2D eigenvalue weighted by atomic mass is 79.9. The fourth-order valence-corrected chi connectivity index (χ4v) is 1.90. The molecule has 1 aliphatic carbocycles. The number of fused-ring (bicyclic) bond motifs is 1. The Hall–Kier alpha value is -1.10. The molecule has 4 nitrogen and oxygen atoms in total. The molecule has 0 aliphatic heterocycles. The third kappa shape index (κ3) is 1.12. The van der Waals surface area contributed by atoms with Gasteiger partial charge in [0.05, 0.1) is 10.2 Å². The van der Waals surface area contributed by atoms with Crippen molar-refractivity contribution >= 4 is 27.3 Å². The first kappa shape index (κ1) is 8.23. The zero-order valence-corrected chi connectivity index (χ0v) is 9.03. The lowest BCUT2D eigenvalue weighted by Gasteiger charge is -1.92. The summed E-state index contributed by atoms with van der Waals surface area (Å²) in [6.45, 7) is 0. The van der Waals surface area contributed by atoms with Gasteiger partial charge in [-0.05, 0) is 28.8 Å². The topological polar surface area (TPSA) is 56.2 Å². The van der Waals surface area contributed by atoms with Gasteiger partial charge in [0.1, 0.15) is 5.69 Å². The summed E-state index contributed by atoms with van der Waals surface area (Å²) in [5.41, 5.74) is 8.47. The zero-order chi connectivity index (χ0) is 9.71. The number of hydrogen-bond donors (Lipinski definition) is 1. The maximum Gasteiger partial charge on any atom is 0.178 e. The van der Waals surface area contributed by atoms with Crippen molar-refractivity contribution in [3.63, 3.8) is 0 Å². The predicted octanol–water partition coefficient (Wildman–Crippen LogP) is 1.95. The van der Waals surface area contributed by atoms with Gasteiger partial charge < -0.3 is 5.73 Å². The number of nitrogens with zero attached hydrogens (tertiary/aromatic N) is 3. The van der Waals surface area contributed by atoms with Crippen LogP contribution in [0.2, 0.25) is 0 Å². The van der Waals surface area contributed by atoms with Crippen molar-refractivity contribution in [3.8, 4) is 0 Å². The van der Waals surface area contributed by atoms with E-state index in [2.05, 4.69) is 26.0 Å². The molecule has 0 radical (unpaired) electrons. The molecule has 1 fully saturated rings. The van der Waals surface area contributed by atoms with Gasteiger partial charge in [0, 0.05) is 18.3 Å². The van der Waals surface area contributed by atoms with E-state index in [-0.39, 0.29) is 0 Å². The van der Waals surface area contributed by atoms with E-state index in [4.69, 9.17) is 5.73 Å². The second-order valence-corrected chi connectivity index (χ2v) is 4.53. The van der Waals surface area contributed by atoms with Gasteiger partial charge >= 0.3 is 0 Å². The third-order valence-corrected chi connectivity index (χ3v) is 2.88. The number of aromatic nitrogens is 3. The summed E-state index contributed by atoms with van der Waals surface area (Å²) < 4.78 is 2.66. The van der Waals surface area contributed by atoms with Crippen LogP contribution in [0, 0.1) is 0 Å². The largest absolute Gasteiger partial charge is 0.394 e. The van der Waals surface area contributed by atoms with E-state index in [1.165, 1.54) is 12.8 Å². The van der Waals surface area contributed by atoms with Crippen molar-refractivity contribution in [1.82, 2.24) is 14.6 Å². The van der Waals surface area contributed by atoms with Gasteiger partial charge in [0.2, 0.25) is 0 Å². The van der Waals surface area contributed by atoms with Gasteiger partial charge in [-0.3, -0.25) is 0 Å². The van der Waals surface area contributed by atoms with Crippen LogP contribution in [0.4, 0.5) is 5.69 Å². The van der Waals surface area contributed by atoms with Crippen molar-refractivity contribution in [2.75, 3.05) is 5.73 Å². The van der Waals surface area contributed by atoms with Crippen LogP contribution in [0.5, 0.6) is 0 Å². The Morgan fingerprint density at radius 3 is 3.00 bits per heavy atom. The molecule has 2 aromatic heterocycles. The minimum Gasteiger partial charge on any atom is -0.394 e. The summed E-state index contributed by atoms with van der Waals surface area (Å²) in [6, 6.07) is 0. The van der Waals surface area contributed by atoms with Crippen molar-refractivity contribution in [3.05, 3.63) is 22.6 Å². The van der Waals surface area contributed by atoms with Crippen LogP contribution in [0.25, 0.3) is 5.65 Å². The first-order valence-electron chi connectivity index (χ1n) is 4.55. The smallest absolute Gasteiger partial charge is 0.178 e. The Kier molecular flexibility index (Phi) is 1.58. The van der Waals surface area contributed by atoms with Crippen LogP contribution in [-0.4, -0.2) is 14.6 Å². The standard InChI is InChI=1S/C9H9BrN4/c10-6-3-12-9-7(11)8(5-1-2-5)13-14(9)4-6/h3-5H,1-2,11H2. The molecule has 0 bridgehead atoms. The lowest BCUT2D eigenvalue weighted by Crippen LogP contribution is -1.90. The first-order chi connectivity index (χ1) is 6.75. The molecule has 1 saturated carbocycles. The molecule has 14 heavy (non-hydrogen) atoms. The zero-order valence-electron chi connectivity index (χ0n) is 7.44. The van der Waals surface area contributed by atoms with Crippen LogP contribution in [-0.2, 0) is 0 Å². The average molecular weight is 253 g/mol. The molecule has 1 aliphatic rings. The second-order valence-electron chi connectivity index (χ2n) is 3.61. The quantitative estimate of drug-likeness (QED) is 0.845. The minimum atomic E-state index is 0.565. The lowest BCUT2D eigenvalue weighted by atomic mass is 10.2. The van der Waals surface area contributed by atoms with E-state index in [1.807, 2.05) is 6.20 Å². The monoisotopic (exact) mass is 252 g/mol. The fraction of sp³-hybridized carbons (Fsp3) is 0.333. The number of nitrogens with two attached hydrogens (primary N) is 1. The van der Waals surface area contributed by atoms with Crippen molar-refractivity contribution in [2.45, 2.75) is 18.8 Å². The minimum absolute atomic E-state index is 0.565. The van der Waals surface area contributed by atoms with Crippen LogP contribution in [0.15, 0.2) is 16.9 Å². The lowest BCUT2D eigenvalue weighted by molar-refractivity contribution is 0.878. The molecule has 0 amide bonds. The third-order valence-electron chi connectivity index (χ3n) is 2.47. The molecule has 5 heteroatoms. The summed E-state index contributed by atoms with van der Waals surface area (Å²) in [4.78, 5) is 4.24. The van der Waals surface area contributed by atoms with Crippen molar-refractivity contribution in [2.24, 2.45) is 0 Å². The average Bonchev–Trinajstić information content (AvgIpc) is 2.93. The number of hydrogen-bond acceptors (Lipinski definition) is 3. The van der Waals surface area contributed by atoms with Gasteiger partial charge in [-0.1, -0.05) is 0 Å². The number of halogens is 1. The predicted molar refractivity (Wildman–Crippen MR) is 57.1 cm³/mol. The molecule has 3 rings (SSSR count). The number of anilines is 1. The second kappa shape index (κ2) is 2.70. The summed E-state index contributed by atoms with van der Waals surface area (Å²) >= 11 is 3.35. The van der Waals surface area contributed by atoms with E-state index in [9.17, 15) is 0 Å². The molecule has 2 heterocycles. The van der Waals surface area contributed by atoms with Gasteiger partial charge in [-0.2, -0.15) is 5.10 Å². The molecule has 2 aromatic rings. The molecule has 0 unspecified atom stereocenters. The molecular formula is C9H9BrN4. The van der Waals surface area contributed by atoms with Crippen LogP contribution >= 0.6 is 15.9 Å². The summed E-state index contributed by atoms with van der Waals surface area (Å²) in [6.07, 6.45) is 6.03. The normalized spacial score (nSPS) is 16.4. The fourth-order valence-electron chi connectivity index (χ4n) is 1.61. The molecule has 0 spiro atoms. The Bertz CT molecular complexity index is 501. The number of nitrogen functional groups attached to an aromatic ring is 1. The van der Waals surface area contributed by atoms with E-state index in [1.54, 1.807) is 10.7 Å². The Balaban J connectivity index is 2.28. The Morgan fingerprint density at radius 1 is 1.50 bits per heavy atom. The summed E-state index contributed by atoms with van der Waals surface area (Å²) in [7, 11) is 0. The molecule has 72 valence electrons. The SMILES string of the molecule is Nc1c(C2CC2)nn2cc(Br)cnc12. The van der Waals surface area contributed by atoms with Crippen LogP contribution in [0.3, 0.4) is 0 Å². The highest BCUT2D eigenvalue weighted by Gasteiger charge is 2.29. The molecular weight excluding hydrogens is 244 g/mol. The van der Waals surface area contributed by atoms with Crippen LogP contribution in [0.1, 0.15) is 24.5 Å². The maximum absolute atomic E-state index is 5.97. The van der Waals surface area contributed by atoms with Gasteiger partial charge in [0.25, 0.3) is 0 Å². The summed E-state index contributed by atoms with van der Waals surface area (Å²) in [5, 5.41) is 4.43. The van der Waals surface area contributed by atoms with E-state index < -0.39 is 0 Å². The molecule has 2 N–H and O–H groups in total. The van der Waals surface area contributed by atoms with E-state index in [0.717, 1.165) is 21.5 Å². The molecule has 0 aromatic carbocycles. The summed E-state index contributed by atoms with van der Waals surface area (Å²) in [5.74, 6) is 0.565. The Morgan fingerprint density at radius 2 is 2.29 bits per heavy atom. The van der Waals surface area contributed by atoms with Crippen LogP contribution < -0.4 is 5.73 Å². The molecule has 0 atom stereocenters. The Labute approximate surface area is 89.3 Å². The highest BCUT2D eigenvalue weighted by molar-refractivity contribution is 9.10.